The first kappa shape index (κ1) is 6.61. The van der Waals surface area contributed by atoms with Crippen molar-refractivity contribution in [1.29, 1.82) is 0 Å². The van der Waals surface area contributed by atoms with Crippen LogP contribution in [0.1, 0.15) is 26.2 Å². The summed E-state index contributed by atoms with van der Waals surface area (Å²) < 4.78 is 49.5. The standard InChI is InChI=1S/C11H17NO2.ClH/c1-7-4-10(13)5-8(2)11(7)14-6-9(3)12;/h4-5,9,13H,6,12H2,1-3H3;1H/i3D3,6D2,9D;. The van der Waals surface area contributed by atoms with Gasteiger partial charge < -0.3 is 15.6 Å². The number of hydrogen-bond acceptors (Lipinski definition) is 3. The van der Waals surface area contributed by atoms with Crippen molar-refractivity contribution in [2.24, 2.45) is 5.73 Å². The fourth-order valence-electron chi connectivity index (χ4n) is 1.19. The van der Waals surface area contributed by atoms with Crippen LogP contribution in [-0.4, -0.2) is 17.7 Å². The molecule has 86 valence electrons. The quantitative estimate of drug-likeness (QED) is 0.847. The van der Waals surface area contributed by atoms with Crippen molar-refractivity contribution in [3.63, 3.8) is 0 Å². The van der Waals surface area contributed by atoms with E-state index in [0.29, 0.717) is 11.1 Å². The van der Waals surface area contributed by atoms with Crippen LogP contribution in [0.5, 0.6) is 11.5 Å². The van der Waals surface area contributed by atoms with E-state index in [9.17, 15) is 5.11 Å². The van der Waals surface area contributed by atoms with E-state index in [2.05, 4.69) is 0 Å². The molecule has 15 heavy (non-hydrogen) atoms. The third kappa shape index (κ3) is 3.98. The maximum Gasteiger partial charge on any atom is 0.125 e. The second-order valence-electron chi connectivity index (χ2n) is 3.03. The van der Waals surface area contributed by atoms with E-state index in [-0.39, 0.29) is 23.9 Å². The Morgan fingerprint density at radius 2 is 2.13 bits per heavy atom. The first-order valence-electron chi connectivity index (χ1n) is 7.08. The van der Waals surface area contributed by atoms with Gasteiger partial charge in [0.15, 0.2) is 0 Å². The first-order valence-corrected chi connectivity index (χ1v) is 4.08. The second kappa shape index (κ2) is 5.83. The van der Waals surface area contributed by atoms with Crippen molar-refractivity contribution in [2.75, 3.05) is 6.56 Å². The lowest BCUT2D eigenvalue weighted by Crippen LogP contribution is -2.24. The number of phenols is 1. The SMILES string of the molecule is Cl.[2H]C([2H])([2H])C([2H])(N)C([2H])([2H])Oc1c(C)cc(O)cc1C. The van der Waals surface area contributed by atoms with Crippen molar-refractivity contribution in [1.82, 2.24) is 0 Å². The largest absolute Gasteiger partial charge is 0.508 e. The molecule has 1 unspecified atom stereocenters. The monoisotopic (exact) mass is 237 g/mol. The zero-order chi connectivity index (χ0) is 15.9. The van der Waals surface area contributed by atoms with Crippen LogP contribution in [0, 0.1) is 13.8 Å². The minimum absolute atomic E-state index is 0. The Balaban J connectivity index is 0.00000400. The summed E-state index contributed by atoms with van der Waals surface area (Å²) in [7, 11) is 0. The molecule has 0 aliphatic rings. The number of nitrogens with two attached hydrogens (primary N) is 1. The summed E-state index contributed by atoms with van der Waals surface area (Å²) >= 11 is 0. The second-order valence-corrected chi connectivity index (χ2v) is 3.03. The lowest BCUT2D eigenvalue weighted by Gasteiger charge is -2.13. The molecule has 0 spiro atoms. The average molecular weight is 238 g/mol. The van der Waals surface area contributed by atoms with E-state index < -0.39 is 19.4 Å². The highest BCUT2D eigenvalue weighted by atomic mass is 35.5. The molecule has 1 rings (SSSR count). The Kier molecular flexibility index (Phi) is 2.57. The highest BCUT2D eigenvalue weighted by Crippen LogP contribution is 2.27. The fraction of sp³-hybridized carbons (Fsp3) is 0.455. The van der Waals surface area contributed by atoms with Gasteiger partial charge in [0.25, 0.3) is 0 Å². The molecule has 1 aromatic carbocycles. The van der Waals surface area contributed by atoms with Gasteiger partial charge in [0.1, 0.15) is 18.1 Å². The predicted octanol–water partition coefficient (Wildman–Crippen LogP) is 2.16. The number of aromatic hydroxyl groups is 1. The van der Waals surface area contributed by atoms with Crippen LogP contribution in [0.15, 0.2) is 12.1 Å². The molecule has 0 radical (unpaired) electrons. The molecule has 0 aromatic heterocycles. The van der Waals surface area contributed by atoms with E-state index in [1.807, 2.05) is 0 Å². The molecule has 3 nitrogen and oxygen atoms in total. The van der Waals surface area contributed by atoms with Crippen LogP contribution >= 0.6 is 12.4 Å². The van der Waals surface area contributed by atoms with Gasteiger partial charge in [-0.05, 0) is 44.0 Å². The van der Waals surface area contributed by atoms with Crippen LogP contribution in [-0.2, 0) is 0 Å². The topological polar surface area (TPSA) is 55.5 Å². The maximum atomic E-state index is 9.40. The van der Waals surface area contributed by atoms with Crippen molar-refractivity contribution in [3.8, 4) is 11.5 Å². The summed E-state index contributed by atoms with van der Waals surface area (Å²) in [5.74, 6) is 0.0349. The fourth-order valence-corrected chi connectivity index (χ4v) is 1.19. The van der Waals surface area contributed by atoms with Gasteiger partial charge in [-0.1, -0.05) is 0 Å². The third-order valence-corrected chi connectivity index (χ3v) is 1.71. The number of ether oxygens (including phenoxy) is 1. The Morgan fingerprint density at radius 3 is 2.60 bits per heavy atom. The van der Waals surface area contributed by atoms with Gasteiger partial charge in [-0.15, -0.1) is 12.4 Å². The highest BCUT2D eigenvalue weighted by molar-refractivity contribution is 5.85. The van der Waals surface area contributed by atoms with Gasteiger partial charge >= 0.3 is 0 Å². The van der Waals surface area contributed by atoms with Crippen molar-refractivity contribution < 1.29 is 18.1 Å². The molecule has 1 aromatic rings. The van der Waals surface area contributed by atoms with Crippen LogP contribution < -0.4 is 10.5 Å². The molecule has 0 heterocycles. The number of rotatable bonds is 3. The van der Waals surface area contributed by atoms with E-state index in [1.54, 1.807) is 13.8 Å². The number of hydrogen-bond donors (Lipinski definition) is 2. The van der Waals surface area contributed by atoms with Crippen LogP contribution in [0.3, 0.4) is 0 Å². The van der Waals surface area contributed by atoms with Crippen LogP contribution in [0.4, 0.5) is 0 Å². The molecule has 0 bridgehead atoms. The van der Waals surface area contributed by atoms with Crippen molar-refractivity contribution in [3.05, 3.63) is 23.3 Å². The van der Waals surface area contributed by atoms with E-state index in [4.69, 9.17) is 18.7 Å². The van der Waals surface area contributed by atoms with Crippen LogP contribution in [0.2, 0.25) is 0 Å². The lowest BCUT2D eigenvalue weighted by atomic mass is 10.1. The summed E-state index contributed by atoms with van der Waals surface area (Å²) in [5, 5.41) is 9.40. The van der Waals surface area contributed by atoms with Gasteiger partial charge in [-0.2, -0.15) is 0 Å². The normalized spacial score (nSPS) is 21.5. The van der Waals surface area contributed by atoms with E-state index >= 15 is 0 Å². The van der Waals surface area contributed by atoms with E-state index in [1.165, 1.54) is 12.1 Å². The molecular formula is C11H18ClNO2. The molecule has 3 N–H and O–H groups in total. The zero-order valence-electron chi connectivity index (χ0n) is 14.5. The number of benzene rings is 1. The summed E-state index contributed by atoms with van der Waals surface area (Å²) in [6.07, 6.45) is 0. The minimum Gasteiger partial charge on any atom is -0.508 e. The van der Waals surface area contributed by atoms with Crippen LogP contribution in [0.25, 0.3) is 0 Å². The lowest BCUT2D eigenvalue weighted by molar-refractivity contribution is 0.292. The molecule has 0 saturated heterocycles. The van der Waals surface area contributed by atoms with Gasteiger partial charge in [-0.25, -0.2) is 0 Å². The molecule has 0 aliphatic heterocycles. The maximum absolute atomic E-state index is 9.40. The minimum atomic E-state index is -3.06. The Hall–Kier alpha value is -0.930. The summed E-state index contributed by atoms with van der Waals surface area (Å²) in [5.41, 5.74) is 6.12. The summed E-state index contributed by atoms with van der Waals surface area (Å²) in [6, 6.07) is -0.247. The number of halogens is 1. The average Bonchev–Trinajstić information content (AvgIpc) is 2.21. The smallest absolute Gasteiger partial charge is 0.125 e. The molecule has 1 atom stereocenters. The molecule has 0 saturated carbocycles. The van der Waals surface area contributed by atoms with Gasteiger partial charge in [0.05, 0.1) is 2.74 Å². The van der Waals surface area contributed by atoms with Crippen molar-refractivity contribution in [2.45, 2.75) is 26.7 Å². The van der Waals surface area contributed by atoms with Crippen molar-refractivity contribution >= 4 is 12.4 Å². The molecular weight excluding hydrogens is 214 g/mol. The first-order chi connectivity index (χ1) is 8.79. The summed E-state index contributed by atoms with van der Waals surface area (Å²) in [6.45, 7) is -2.87. The van der Waals surface area contributed by atoms with Gasteiger partial charge in [-0.3, -0.25) is 0 Å². The Bertz CT molecular complexity index is 495. The number of aryl methyl sites for hydroxylation is 2. The molecule has 0 fully saturated rings. The number of phenolic OH excluding ortho intramolecular Hbond substituents is 1. The predicted molar refractivity (Wildman–Crippen MR) is 64.0 cm³/mol. The Morgan fingerprint density at radius 1 is 1.60 bits per heavy atom. The zero-order valence-corrected chi connectivity index (χ0v) is 9.31. The highest BCUT2D eigenvalue weighted by Gasteiger charge is 2.06. The van der Waals surface area contributed by atoms with E-state index in [0.717, 1.165) is 0 Å². The van der Waals surface area contributed by atoms with Gasteiger partial charge in [0.2, 0.25) is 0 Å². The molecule has 0 amide bonds. The third-order valence-electron chi connectivity index (χ3n) is 1.71. The summed E-state index contributed by atoms with van der Waals surface area (Å²) in [4.78, 5) is 0. The Labute approximate surface area is 105 Å². The molecule has 0 aliphatic carbocycles. The van der Waals surface area contributed by atoms with Gasteiger partial charge in [0, 0.05) is 11.5 Å². The molecule has 4 heteroatoms.